The number of benzene rings is 1. The van der Waals surface area contributed by atoms with Gasteiger partial charge in [-0.1, -0.05) is 38.5 Å². The molecule has 1 N–H and O–H groups in total. The Bertz CT molecular complexity index is 520. The highest BCUT2D eigenvalue weighted by Crippen LogP contribution is 2.45. The van der Waals surface area contributed by atoms with Gasteiger partial charge >= 0.3 is 0 Å². The molecule has 2 aliphatic rings. The average molecular weight is 288 g/mol. The molecule has 1 heterocycles. The van der Waals surface area contributed by atoms with Crippen LogP contribution in [0.25, 0.3) is 0 Å². The number of hydrogen-bond donors (Lipinski definition) is 1. The summed E-state index contributed by atoms with van der Waals surface area (Å²) in [5, 5.41) is 10.9. The van der Waals surface area contributed by atoms with Gasteiger partial charge in [0.2, 0.25) is 0 Å². The molecule has 1 aliphatic carbocycles. The van der Waals surface area contributed by atoms with Gasteiger partial charge in [-0.25, -0.2) is 0 Å². The summed E-state index contributed by atoms with van der Waals surface area (Å²) in [5.41, 5.74) is 2.10. The zero-order valence-electron chi connectivity index (χ0n) is 13.7. The molecular formula is C19H28O2. The first-order chi connectivity index (χ1) is 9.87. The minimum atomic E-state index is -0.385. The highest BCUT2D eigenvalue weighted by Gasteiger charge is 2.36. The predicted molar refractivity (Wildman–Crippen MR) is 85.5 cm³/mol. The molecule has 2 nitrogen and oxygen atoms in total. The lowest BCUT2D eigenvalue weighted by Crippen LogP contribution is -2.26. The summed E-state index contributed by atoms with van der Waals surface area (Å²) in [7, 11) is 0. The molecule has 1 aromatic rings. The van der Waals surface area contributed by atoms with E-state index in [1.807, 2.05) is 6.07 Å². The molecule has 0 bridgehead atoms. The van der Waals surface area contributed by atoms with E-state index in [2.05, 4.69) is 39.8 Å². The van der Waals surface area contributed by atoms with Crippen molar-refractivity contribution in [1.82, 2.24) is 0 Å². The fraction of sp³-hybridized carbons (Fsp3) is 0.684. The van der Waals surface area contributed by atoms with Crippen molar-refractivity contribution in [2.75, 3.05) is 0 Å². The molecule has 0 aromatic heterocycles. The number of aliphatic hydroxyl groups excluding tert-OH is 1. The Morgan fingerprint density at radius 3 is 2.67 bits per heavy atom. The van der Waals surface area contributed by atoms with E-state index in [-0.39, 0.29) is 11.7 Å². The summed E-state index contributed by atoms with van der Waals surface area (Å²) >= 11 is 0. The van der Waals surface area contributed by atoms with Crippen LogP contribution in [0.2, 0.25) is 0 Å². The summed E-state index contributed by atoms with van der Waals surface area (Å²) in [6.07, 6.45) is 4.02. The van der Waals surface area contributed by atoms with Crippen LogP contribution in [-0.2, 0) is 6.42 Å². The van der Waals surface area contributed by atoms with Crippen LogP contribution in [0.1, 0.15) is 64.2 Å². The highest BCUT2D eigenvalue weighted by molar-refractivity contribution is 5.47. The summed E-state index contributed by atoms with van der Waals surface area (Å²) < 4.78 is 6.13. The summed E-state index contributed by atoms with van der Waals surface area (Å²) in [6, 6.07) is 6.25. The van der Waals surface area contributed by atoms with Gasteiger partial charge in [-0.15, -0.1) is 0 Å². The minimum absolute atomic E-state index is 0.146. The van der Waals surface area contributed by atoms with Crippen LogP contribution in [-0.4, -0.2) is 10.7 Å². The van der Waals surface area contributed by atoms with Gasteiger partial charge in [0.05, 0.1) is 6.10 Å². The number of para-hydroxylation sites is 1. The van der Waals surface area contributed by atoms with E-state index in [9.17, 15) is 5.11 Å². The molecule has 0 saturated heterocycles. The van der Waals surface area contributed by atoms with Crippen LogP contribution in [0.15, 0.2) is 18.2 Å². The summed E-state index contributed by atoms with van der Waals surface area (Å²) in [4.78, 5) is 0. The van der Waals surface area contributed by atoms with Gasteiger partial charge in [0.1, 0.15) is 11.4 Å². The maximum atomic E-state index is 10.9. The molecule has 1 fully saturated rings. The Hall–Kier alpha value is -1.02. The number of fused-ring (bicyclic) bond motifs is 1. The second-order valence-electron chi connectivity index (χ2n) is 7.85. The third-order valence-corrected chi connectivity index (χ3v) is 5.53. The standard InChI is InChI=1S/C19H28O2/c1-12-8-9-14(10-13(12)2)17(20)16-7-5-6-15-11-19(3,4)21-18(15)16/h5-7,12-14,17,20H,8-11H2,1-4H3. The van der Waals surface area contributed by atoms with Gasteiger partial charge in [-0.2, -0.15) is 0 Å². The molecule has 2 heteroatoms. The molecule has 0 spiro atoms. The number of aliphatic hydroxyl groups is 1. The second-order valence-corrected chi connectivity index (χ2v) is 7.85. The third kappa shape index (κ3) is 2.83. The fourth-order valence-electron chi connectivity index (χ4n) is 4.00. The van der Waals surface area contributed by atoms with E-state index >= 15 is 0 Å². The SMILES string of the molecule is CC1CCC(C(O)c2cccc3c2OC(C)(C)C3)CC1C. The topological polar surface area (TPSA) is 29.5 Å². The van der Waals surface area contributed by atoms with E-state index in [1.165, 1.54) is 12.0 Å². The van der Waals surface area contributed by atoms with Gasteiger partial charge in [-0.05, 0) is 50.0 Å². The van der Waals surface area contributed by atoms with Crippen LogP contribution >= 0.6 is 0 Å². The molecule has 1 aliphatic heterocycles. The van der Waals surface area contributed by atoms with Gasteiger partial charge in [0.15, 0.2) is 0 Å². The van der Waals surface area contributed by atoms with Crippen LogP contribution in [0.3, 0.4) is 0 Å². The first-order valence-corrected chi connectivity index (χ1v) is 8.36. The Kier molecular flexibility index (Phi) is 3.77. The molecule has 3 rings (SSSR count). The minimum Gasteiger partial charge on any atom is -0.487 e. The lowest BCUT2D eigenvalue weighted by atomic mass is 9.72. The Morgan fingerprint density at radius 2 is 1.95 bits per heavy atom. The fourth-order valence-corrected chi connectivity index (χ4v) is 4.00. The maximum absolute atomic E-state index is 10.9. The first kappa shape index (κ1) is 14.9. The van der Waals surface area contributed by atoms with Crippen LogP contribution in [0.4, 0.5) is 0 Å². The van der Waals surface area contributed by atoms with Gasteiger partial charge in [-0.3, -0.25) is 0 Å². The lowest BCUT2D eigenvalue weighted by molar-refractivity contribution is 0.0512. The van der Waals surface area contributed by atoms with Crippen molar-refractivity contribution in [2.45, 2.75) is 65.1 Å². The molecule has 0 amide bonds. The van der Waals surface area contributed by atoms with E-state index < -0.39 is 0 Å². The summed E-state index contributed by atoms with van der Waals surface area (Å²) in [6.45, 7) is 8.89. The zero-order valence-corrected chi connectivity index (χ0v) is 13.7. The van der Waals surface area contributed by atoms with Gasteiger partial charge in [0.25, 0.3) is 0 Å². The number of ether oxygens (including phenoxy) is 1. The highest BCUT2D eigenvalue weighted by atomic mass is 16.5. The maximum Gasteiger partial charge on any atom is 0.129 e. The molecule has 1 aromatic carbocycles. The van der Waals surface area contributed by atoms with Crippen molar-refractivity contribution >= 4 is 0 Å². The third-order valence-electron chi connectivity index (χ3n) is 5.53. The molecule has 21 heavy (non-hydrogen) atoms. The average Bonchev–Trinajstić information content (AvgIpc) is 2.74. The van der Waals surface area contributed by atoms with E-state index in [0.717, 1.165) is 36.5 Å². The van der Waals surface area contributed by atoms with Crippen molar-refractivity contribution < 1.29 is 9.84 Å². The van der Waals surface area contributed by atoms with Crippen molar-refractivity contribution in [2.24, 2.45) is 17.8 Å². The Labute approximate surface area is 128 Å². The lowest BCUT2D eigenvalue weighted by Gasteiger charge is -2.35. The van der Waals surface area contributed by atoms with Crippen molar-refractivity contribution in [1.29, 1.82) is 0 Å². The van der Waals surface area contributed by atoms with Crippen molar-refractivity contribution in [3.05, 3.63) is 29.3 Å². The monoisotopic (exact) mass is 288 g/mol. The van der Waals surface area contributed by atoms with Crippen LogP contribution in [0, 0.1) is 17.8 Å². The van der Waals surface area contributed by atoms with E-state index in [1.54, 1.807) is 0 Å². The molecule has 1 saturated carbocycles. The number of hydrogen-bond acceptors (Lipinski definition) is 2. The van der Waals surface area contributed by atoms with Crippen molar-refractivity contribution in [3.63, 3.8) is 0 Å². The number of rotatable bonds is 2. The molecule has 4 unspecified atom stereocenters. The Morgan fingerprint density at radius 1 is 1.19 bits per heavy atom. The molecule has 116 valence electrons. The second kappa shape index (κ2) is 5.31. The normalized spacial score (nSPS) is 32.3. The van der Waals surface area contributed by atoms with Crippen LogP contribution in [0.5, 0.6) is 5.75 Å². The molecule has 4 atom stereocenters. The van der Waals surface area contributed by atoms with Crippen LogP contribution < -0.4 is 4.74 Å². The van der Waals surface area contributed by atoms with Crippen molar-refractivity contribution in [3.8, 4) is 5.75 Å². The smallest absolute Gasteiger partial charge is 0.129 e. The summed E-state index contributed by atoms with van der Waals surface area (Å²) in [5.74, 6) is 2.80. The first-order valence-electron chi connectivity index (χ1n) is 8.36. The largest absolute Gasteiger partial charge is 0.487 e. The Balaban J connectivity index is 1.84. The van der Waals surface area contributed by atoms with E-state index in [0.29, 0.717) is 11.8 Å². The predicted octanol–water partition coefficient (Wildman–Crippen LogP) is 4.51. The molecule has 0 radical (unpaired) electrons. The van der Waals surface area contributed by atoms with Gasteiger partial charge in [0, 0.05) is 12.0 Å². The zero-order chi connectivity index (χ0) is 15.2. The quantitative estimate of drug-likeness (QED) is 0.868. The van der Waals surface area contributed by atoms with Gasteiger partial charge < -0.3 is 9.84 Å². The molecular weight excluding hydrogens is 260 g/mol. The van der Waals surface area contributed by atoms with E-state index in [4.69, 9.17) is 4.74 Å².